The monoisotopic (exact) mass is 222 g/mol. The number of hydrogen-bond acceptors (Lipinski definition) is 4. The molecule has 13 heavy (non-hydrogen) atoms. The Bertz CT molecular complexity index is 233. The summed E-state index contributed by atoms with van der Waals surface area (Å²) in [6.07, 6.45) is -4.77. The third-order valence-electron chi connectivity index (χ3n) is 0.891. The molecule has 0 aliphatic rings. The molecule has 0 aromatic rings. The molecule has 0 rings (SSSR count). The van der Waals surface area contributed by atoms with Crippen molar-refractivity contribution in [1.82, 2.24) is 0 Å². The molecule has 0 aromatic carbocycles. The molecule has 8 heteroatoms. The van der Waals surface area contributed by atoms with Crippen LogP contribution >= 0.6 is 0 Å². The Labute approximate surface area is 73.8 Å². The predicted molar refractivity (Wildman–Crippen MR) is 37.7 cm³/mol. The fourth-order valence-electron chi connectivity index (χ4n) is 0.486. The molecule has 80 valence electrons. The van der Waals surface area contributed by atoms with E-state index in [-0.39, 0.29) is 6.61 Å². The summed E-state index contributed by atoms with van der Waals surface area (Å²) in [5.74, 6) is -1.97. The van der Waals surface area contributed by atoms with Crippen molar-refractivity contribution in [2.24, 2.45) is 0 Å². The van der Waals surface area contributed by atoms with Crippen molar-refractivity contribution in [3.63, 3.8) is 0 Å². The van der Waals surface area contributed by atoms with Gasteiger partial charge in [0.25, 0.3) is 10.1 Å². The maximum atomic E-state index is 11.6. The van der Waals surface area contributed by atoms with E-state index in [1.165, 1.54) is 7.11 Å². The molecule has 0 aliphatic heterocycles. The summed E-state index contributed by atoms with van der Waals surface area (Å²) in [5.41, 5.74) is 0. The smallest absolute Gasteiger partial charge is 0.382 e. The average molecular weight is 222 g/mol. The van der Waals surface area contributed by atoms with Crippen LogP contribution in [-0.2, 0) is 19.0 Å². The number of halogens is 3. The fraction of sp³-hybridized carbons (Fsp3) is 1.00. The van der Waals surface area contributed by atoms with Crippen molar-refractivity contribution in [2.75, 3.05) is 26.1 Å². The van der Waals surface area contributed by atoms with Gasteiger partial charge in [-0.05, 0) is 0 Å². The normalized spacial score (nSPS) is 13.2. The van der Waals surface area contributed by atoms with Crippen LogP contribution in [0.25, 0.3) is 0 Å². The molecule has 0 bridgehead atoms. The Morgan fingerprint density at radius 3 is 2.15 bits per heavy atom. The molecule has 0 spiro atoms. The fourth-order valence-corrected chi connectivity index (χ4v) is 1.29. The Hall–Kier alpha value is -0.340. The molecule has 0 amide bonds. The van der Waals surface area contributed by atoms with Gasteiger partial charge in [0.1, 0.15) is 0 Å². The van der Waals surface area contributed by atoms with Crippen molar-refractivity contribution in [3.8, 4) is 0 Å². The van der Waals surface area contributed by atoms with E-state index in [1.54, 1.807) is 0 Å². The van der Waals surface area contributed by atoms with Crippen LogP contribution in [-0.4, -0.2) is 40.7 Å². The first-order chi connectivity index (χ1) is 5.77. The molecule has 0 fully saturated rings. The van der Waals surface area contributed by atoms with Gasteiger partial charge in [0, 0.05) is 7.11 Å². The zero-order valence-corrected chi connectivity index (χ0v) is 7.61. The van der Waals surface area contributed by atoms with E-state index in [2.05, 4.69) is 8.92 Å². The lowest BCUT2D eigenvalue weighted by molar-refractivity contribution is -0.107. The SMILES string of the molecule is COCCOS(=O)(=O)CC(F)(F)F. The van der Waals surface area contributed by atoms with Crippen molar-refractivity contribution in [3.05, 3.63) is 0 Å². The molecule has 0 aromatic heterocycles. The number of methoxy groups -OCH3 is 1. The summed E-state index contributed by atoms with van der Waals surface area (Å²) in [6.45, 7) is -0.480. The Balaban J connectivity index is 3.96. The lowest BCUT2D eigenvalue weighted by Crippen LogP contribution is -2.25. The van der Waals surface area contributed by atoms with E-state index >= 15 is 0 Å². The van der Waals surface area contributed by atoms with Gasteiger partial charge < -0.3 is 4.74 Å². The first kappa shape index (κ1) is 12.7. The lowest BCUT2D eigenvalue weighted by Gasteiger charge is -2.07. The molecule has 0 radical (unpaired) electrons. The third-order valence-corrected chi connectivity index (χ3v) is 2.10. The van der Waals surface area contributed by atoms with Gasteiger partial charge in [0.05, 0.1) is 13.2 Å². The topological polar surface area (TPSA) is 52.6 Å². The Morgan fingerprint density at radius 2 is 1.77 bits per heavy atom. The van der Waals surface area contributed by atoms with Gasteiger partial charge in [-0.3, -0.25) is 4.18 Å². The largest absolute Gasteiger partial charge is 0.405 e. The minimum Gasteiger partial charge on any atom is -0.382 e. The Kier molecular flexibility index (Phi) is 4.65. The van der Waals surface area contributed by atoms with Crippen LogP contribution in [0.5, 0.6) is 0 Å². The van der Waals surface area contributed by atoms with Crippen LogP contribution in [0.3, 0.4) is 0 Å². The minimum atomic E-state index is -4.77. The first-order valence-electron chi connectivity index (χ1n) is 3.19. The van der Waals surface area contributed by atoms with E-state index in [0.717, 1.165) is 0 Å². The third kappa shape index (κ3) is 8.00. The second-order valence-corrected chi connectivity index (χ2v) is 3.77. The van der Waals surface area contributed by atoms with Crippen LogP contribution in [0.1, 0.15) is 0 Å². The molecule has 0 unspecified atom stereocenters. The van der Waals surface area contributed by atoms with E-state index < -0.39 is 28.7 Å². The van der Waals surface area contributed by atoms with E-state index in [0.29, 0.717) is 0 Å². The molecular weight excluding hydrogens is 213 g/mol. The van der Waals surface area contributed by atoms with Crippen LogP contribution in [0, 0.1) is 0 Å². The summed E-state index contributed by atoms with van der Waals surface area (Å²) < 4.78 is 64.1. The van der Waals surface area contributed by atoms with E-state index in [1.807, 2.05) is 0 Å². The van der Waals surface area contributed by atoms with Gasteiger partial charge in [-0.25, -0.2) is 0 Å². The number of hydrogen-bond donors (Lipinski definition) is 0. The molecule has 0 N–H and O–H groups in total. The molecule has 0 atom stereocenters. The summed E-state index contributed by atoms with van der Waals surface area (Å²) in [4.78, 5) is 0. The second kappa shape index (κ2) is 4.77. The molecular formula is C5H9F3O4S. The highest BCUT2D eigenvalue weighted by Gasteiger charge is 2.35. The summed E-state index contributed by atoms with van der Waals surface area (Å²) in [5, 5.41) is 0. The lowest BCUT2D eigenvalue weighted by atomic mass is 10.8. The zero-order valence-electron chi connectivity index (χ0n) is 6.80. The number of ether oxygens (including phenoxy) is 1. The molecule has 4 nitrogen and oxygen atoms in total. The number of alkyl halides is 3. The highest BCUT2D eigenvalue weighted by atomic mass is 32.2. The molecule has 0 aliphatic carbocycles. The van der Waals surface area contributed by atoms with Crippen molar-refractivity contribution in [2.45, 2.75) is 6.18 Å². The Morgan fingerprint density at radius 1 is 1.23 bits per heavy atom. The zero-order chi connectivity index (χ0) is 10.5. The molecule has 0 saturated heterocycles. The van der Waals surface area contributed by atoms with Gasteiger partial charge in [0.2, 0.25) is 0 Å². The predicted octanol–water partition coefficient (Wildman–Crippen LogP) is 0.542. The van der Waals surface area contributed by atoms with Crippen LogP contribution in [0.4, 0.5) is 13.2 Å². The van der Waals surface area contributed by atoms with E-state index in [4.69, 9.17) is 0 Å². The van der Waals surface area contributed by atoms with Crippen LogP contribution in [0.2, 0.25) is 0 Å². The van der Waals surface area contributed by atoms with Gasteiger partial charge in [-0.15, -0.1) is 0 Å². The highest BCUT2D eigenvalue weighted by Crippen LogP contribution is 2.17. The van der Waals surface area contributed by atoms with Crippen molar-refractivity contribution in [1.29, 1.82) is 0 Å². The van der Waals surface area contributed by atoms with Crippen LogP contribution < -0.4 is 0 Å². The first-order valence-corrected chi connectivity index (χ1v) is 4.77. The van der Waals surface area contributed by atoms with Gasteiger partial charge in [0.15, 0.2) is 5.75 Å². The quantitative estimate of drug-likeness (QED) is 0.503. The molecule has 0 saturated carbocycles. The maximum Gasteiger partial charge on any atom is 0.405 e. The highest BCUT2D eigenvalue weighted by molar-refractivity contribution is 7.86. The summed E-state index contributed by atoms with van der Waals surface area (Å²) in [6, 6.07) is 0. The standard InChI is InChI=1S/C5H9F3O4S/c1-11-2-3-12-13(9,10)4-5(6,7)8/h2-4H2,1H3. The van der Waals surface area contributed by atoms with E-state index in [9.17, 15) is 21.6 Å². The average Bonchev–Trinajstić information content (AvgIpc) is 1.81. The van der Waals surface area contributed by atoms with Crippen molar-refractivity contribution < 1.29 is 30.5 Å². The maximum absolute atomic E-state index is 11.6. The minimum absolute atomic E-state index is 0.0723. The van der Waals surface area contributed by atoms with Gasteiger partial charge >= 0.3 is 6.18 Å². The number of rotatable bonds is 5. The second-order valence-electron chi connectivity index (χ2n) is 2.13. The summed E-state index contributed by atoms with van der Waals surface area (Å²) >= 11 is 0. The van der Waals surface area contributed by atoms with Crippen LogP contribution in [0.15, 0.2) is 0 Å². The molecule has 0 heterocycles. The van der Waals surface area contributed by atoms with Crippen molar-refractivity contribution >= 4 is 10.1 Å². The van der Waals surface area contributed by atoms with Gasteiger partial charge in [-0.1, -0.05) is 0 Å². The summed E-state index contributed by atoms with van der Waals surface area (Å²) in [7, 11) is -3.24. The van der Waals surface area contributed by atoms with Gasteiger partial charge in [-0.2, -0.15) is 21.6 Å².